The van der Waals surface area contributed by atoms with E-state index in [1.165, 1.54) is 25.7 Å². The first kappa shape index (κ1) is 18.5. The SMILES string of the molecule is CC(C)(C)NC(=O)[C@H]1CC[C@H]2[C@@H]3CC[C@H]4CC(=O)CCN4[C@H]3CC[C@]12C. The average Bonchev–Trinajstić information content (AvgIpc) is 2.90. The molecule has 4 rings (SSSR count). The van der Waals surface area contributed by atoms with Crippen LogP contribution >= 0.6 is 0 Å². The van der Waals surface area contributed by atoms with Crippen LogP contribution < -0.4 is 5.32 Å². The molecule has 0 aromatic carbocycles. The zero-order valence-corrected chi connectivity index (χ0v) is 17.0. The number of nitrogens with one attached hydrogen (secondary N) is 1. The number of amides is 1. The van der Waals surface area contributed by atoms with Crippen LogP contribution in [0.2, 0.25) is 0 Å². The van der Waals surface area contributed by atoms with Crippen molar-refractivity contribution in [1.82, 2.24) is 10.2 Å². The van der Waals surface area contributed by atoms with Gasteiger partial charge in [-0.1, -0.05) is 6.92 Å². The average molecular weight is 361 g/mol. The van der Waals surface area contributed by atoms with Gasteiger partial charge in [-0.3, -0.25) is 14.5 Å². The second-order valence-electron chi connectivity index (χ2n) is 10.7. The van der Waals surface area contributed by atoms with Crippen LogP contribution in [0.3, 0.4) is 0 Å². The largest absolute Gasteiger partial charge is 0.351 e. The second-order valence-corrected chi connectivity index (χ2v) is 10.7. The summed E-state index contributed by atoms with van der Waals surface area (Å²) in [4.78, 5) is 27.6. The number of Topliss-reactive ketones (excluding diaryl/α,β-unsaturated/α-hetero) is 1. The summed E-state index contributed by atoms with van der Waals surface area (Å²) >= 11 is 0. The third-order valence-electron chi connectivity index (χ3n) is 8.05. The lowest BCUT2D eigenvalue weighted by atomic mass is 9.57. The third-order valence-corrected chi connectivity index (χ3v) is 8.05. The fourth-order valence-corrected chi connectivity index (χ4v) is 6.97. The van der Waals surface area contributed by atoms with Crippen LogP contribution in [-0.2, 0) is 9.59 Å². The van der Waals surface area contributed by atoms with Crippen LogP contribution in [0.25, 0.3) is 0 Å². The number of carbonyl (C=O) groups is 2. The van der Waals surface area contributed by atoms with Gasteiger partial charge in [0.05, 0.1) is 0 Å². The molecule has 6 atom stereocenters. The van der Waals surface area contributed by atoms with E-state index in [0.29, 0.717) is 23.8 Å². The maximum Gasteiger partial charge on any atom is 0.224 e. The van der Waals surface area contributed by atoms with E-state index < -0.39 is 0 Å². The van der Waals surface area contributed by atoms with Crippen molar-refractivity contribution in [2.75, 3.05) is 6.54 Å². The highest BCUT2D eigenvalue weighted by atomic mass is 16.2. The number of nitrogens with zero attached hydrogens (tertiary/aromatic N) is 1. The van der Waals surface area contributed by atoms with Gasteiger partial charge in [-0.15, -0.1) is 0 Å². The minimum Gasteiger partial charge on any atom is -0.351 e. The number of hydrogen-bond donors (Lipinski definition) is 1. The summed E-state index contributed by atoms with van der Waals surface area (Å²) in [6.45, 7) is 9.61. The Bertz CT molecular complexity index is 595. The van der Waals surface area contributed by atoms with Crippen molar-refractivity contribution >= 4 is 11.7 Å². The van der Waals surface area contributed by atoms with Crippen molar-refractivity contribution in [3.05, 3.63) is 0 Å². The Labute approximate surface area is 158 Å². The topological polar surface area (TPSA) is 49.4 Å². The van der Waals surface area contributed by atoms with Gasteiger partial charge < -0.3 is 5.32 Å². The van der Waals surface area contributed by atoms with Gasteiger partial charge in [0, 0.05) is 42.9 Å². The van der Waals surface area contributed by atoms with Gasteiger partial charge >= 0.3 is 0 Å². The van der Waals surface area contributed by atoms with E-state index >= 15 is 0 Å². The molecule has 0 spiro atoms. The molecular weight excluding hydrogens is 324 g/mol. The van der Waals surface area contributed by atoms with Crippen molar-refractivity contribution in [2.24, 2.45) is 23.2 Å². The van der Waals surface area contributed by atoms with E-state index in [0.717, 1.165) is 38.1 Å². The molecule has 2 heterocycles. The first-order chi connectivity index (χ1) is 12.2. The van der Waals surface area contributed by atoms with Gasteiger partial charge in [0.2, 0.25) is 5.91 Å². The lowest BCUT2D eigenvalue weighted by Gasteiger charge is -2.56. The first-order valence-electron chi connectivity index (χ1n) is 10.8. The fourth-order valence-electron chi connectivity index (χ4n) is 6.97. The standard InChI is InChI=1S/C22H36N2O2/c1-21(2,3)23-20(26)18-8-7-17-16-6-5-14-13-15(25)10-12-24(14)19(16)9-11-22(17,18)4/h14,16-19H,5-13H2,1-4H3,(H,23,26)/t14-,16-,17-,18+,19-,22-/m0/s1. The minimum absolute atomic E-state index is 0.152. The molecule has 0 radical (unpaired) electrons. The van der Waals surface area contributed by atoms with Gasteiger partial charge in [0.1, 0.15) is 5.78 Å². The van der Waals surface area contributed by atoms with Gasteiger partial charge in [-0.2, -0.15) is 0 Å². The van der Waals surface area contributed by atoms with Crippen LogP contribution in [-0.4, -0.2) is 40.8 Å². The van der Waals surface area contributed by atoms with Crippen LogP contribution in [0.1, 0.15) is 79.1 Å². The molecule has 2 aliphatic carbocycles. The van der Waals surface area contributed by atoms with Crippen LogP contribution in [0, 0.1) is 23.2 Å². The van der Waals surface area contributed by atoms with Crippen LogP contribution in [0.5, 0.6) is 0 Å². The second kappa shape index (κ2) is 6.32. The van der Waals surface area contributed by atoms with Gasteiger partial charge in [-0.05, 0) is 76.5 Å². The highest BCUT2D eigenvalue weighted by Gasteiger charge is 2.58. The Morgan fingerprint density at radius 1 is 1.15 bits per heavy atom. The van der Waals surface area contributed by atoms with E-state index in [1.54, 1.807) is 0 Å². The molecule has 4 nitrogen and oxygen atoms in total. The molecule has 4 fully saturated rings. The Morgan fingerprint density at radius 2 is 1.92 bits per heavy atom. The molecular formula is C22H36N2O2. The number of rotatable bonds is 1. The maximum absolute atomic E-state index is 13.0. The predicted molar refractivity (Wildman–Crippen MR) is 103 cm³/mol. The van der Waals surface area contributed by atoms with Crippen LogP contribution in [0.4, 0.5) is 0 Å². The van der Waals surface area contributed by atoms with E-state index in [9.17, 15) is 9.59 Å². The Balaban J connectivity index is 1.51. The maximum atomic E-state index is 13.0. The number of hydrogen-bond acceptors (Lipinski definition) is 3. The molecule has 0 aromatic rings. The summed E-state index contributed by atoms with van der Waals surface area (Å²) < 4.78 is 0. The molecule has 2 saturated heterocycles. The molecule has 0 bridgehead atoms. The summed E-state index contributed by atoms with van der Waals surface area (Å²) in [5, 5.41) is 3.25. The summed E-state index contributed by atoms with van der Waals surface area (Å²) in [6, 6.07) is 1.16. The molecule has 146 valence electrons. The van der Waals surface area contributed by atoms with Crippen molar-refractivity contribution in [1.29, 1.82) is 0 Å². The quantitative estimate of drug-likeness (QED) is 0.778. The Kier molecular flexibility index (Phi) is 4.49. The molecule has 1 amide bonds. The summed E-state index contributed by atoms with van der Waals surface area (Å²) in [5.74, 6) is 2.32. The van der Waals surface area contributed by atoms with E-state index in [1.807, 2.05) is 0 Å². The lowest BCUT2D eigenvalue weighted by molar-refractivity contribution is -0.137. The van der Waals surface area contributed by atoms with Gasteiger partial charge in [0.15, 0.2) is 0 Å². The highest BCUT2D eigenvalue weighted by Crippen LogP contribution is 2.60. The van der Waals surface area contributed by atoms with E-state index in [-0.39, 0.29) is 22.8 Å². The molecule has 2 aliphatic heterocycles. The summed E-state index contributed by atoms with van der Waals surface area (Å²) in [7, 11) is 0. The van der Waals surface area contributed by atoms with Crippen molar-refractivity contribution < 1.29 is 9.59 Å². The molecule has 4 aliphatic rings. The smallest absolute Gasteiger partial charge is 0.224 e. The molecule has 0 aromatic heterocycles. The zero-order chi connectivity index (χ0) is 18.7. The van der Waals surface area contributed by atoms with E-state index in [2.05, 4.69) is 37.9 Å². The lowest BCUT2D eigenvalue weighted by Crippen LogP contribution is -2.60. The van der Waals surface area contributed by atoms with Crippen molar-refractivity contribution in [3.8, 4) is 0 Å². The first-order valence-corrected chi connectivity index (χ1v) is 10.8. The molecule has 0 unspecified atom stereocenters. The van der Waals surface area contributed by atoms with Crippen LogP contribution in [0.15, 0.2) is 0 Å². The minimum atomic E-state index is -0.152. The van der Waals surface area contributed by atoms with Gasteiger partial charge in [0.25, 0.3) is 0 Å². The summed E-state index contributed by atoms with van der Waals surface area (Å²) in [6.07, 6.45) is 8.59. The Hall–Kier alpha value is -0.900. The number of piperidine rings is 2. The third kappa shape index (κ3) is 3.02. The fraction of sp³-hybridized carbons (Fsp3) is 0.909. The number of ketones is 1. The Morgan fingerprint density at radius 3 is 2.65 bits per heavy atom. The van der Waals surface area contributed by atoms with Crippen molar-refractivity contribution in [2.45, 2.75) is 96.7 Å². The number of carbonyl (C=O) groups excluding carboxylic acids is 2. The van der Waals surface area contributed by atoms with E-state index in [4.69, 9.17) is 0 Å². The highest BCUT2D eigenvalue weighted by molar-refractivity contribution is 5.81. The predicted octanol–water partition coefficient (Wildman–Crippen LogP) is 3.54. The molecule has 2 saturated carbocycles. The zero-order valence-electron chi connectivity index (χ0n) is 17.0. The van der Waals surface area contributed by atoms with Crippen molar-refractivity contribution in [3.63, 3.8) is 0 Å². The normalized spacial score (nSPS) is 43.4. The summed E-state index contributed by atoms with van der Waals surface area (Å²) in [5.41, 5.74) is 0.00999. The molecule has 4 heteroatoms. The monoisotopic (exact) mass is 360 g/mol. The van der Waals surface area contributed by atoms with Gasteiger partial charge in [-0.25, -0.2) is 0 Å². The molecule has 26 heavy (non-hydrogen) atoms. The molecule has 1 N–H and O–H groups in total. The number of fused-ring (bicyclic) bond motifs is 5.